The fourth-order valence-corrected chi connectivity index (χ4v) is 6.43. The lowest BCUT2D eigenvalue weighted by atomic mass is 9.97. The minimum Gasteiger partial charge on any atom is -0.355 e. The monoisotopic (exact) mass is 405 g/mol. The Balaban J connectivity index is 1.73. The molecular weight excluding hydrogens is 378 g/mol. The third-order valence-electron chi connectivity index (χ3n) is 5.58. The lowest BCUT2D eigenvalue weighted by Crippen LogP contribution is -2.29. The van der Waals surface area contributed by atoms with Crippen LogP contribution in [-0.4, -0.2) is 27.8 Å². The molecule has 1 fully saturated rings. The van der Waals surface area contributed by atoms with E-state index in [0.29, 0.717) is 12.3 Å². The van der Waals surface area contributed by atoms with E-state index in [1.165, 1.54) is 28.6 Å². The van der Waals surface area contributed by atoms with Crippen LogP contribution in [0.15, 0.2) is 9.95 Å². The molecule has 146 valence electrons. The molecule has 7 heteroatoms. The van der Waals surface area contributed by atoms with Gasteiger partial charge in [0.25, 0.3) is 5.56 Å². The maximum atomic E-state index is 13.5. The lowest BCUT2D eigenvalue weighted by Gasteiger charge is -2.18. The number of nitrogens with zero attached hydrogens (tertiary/aromatic N) is 2. The molecule has 0 saturated heterocycles. The molecule has 0 bridgehead atoms. The first-order valence-electron chi connectivity index (χ1n) is 10.1. The summed E-state index contributed by atoms with van der Waals surface area (Å²) in [5.41, 5.74) is 1.38. The van der Waals surface area contributed by atoms with Crippen molar-refractivity contribution in [2.45, 2.75) is 75.9 Å². The molecule has 0 aromatic carbocycles. The van der Waals surface area contributed by atoms with Crippen LogP contribution in [0.5, 0.6) is 0 Å². The number of carbonyl (C=O) groups excluding carboxylic acids is 1. The van der Waals surface area contributed by atoms with Crippen molar-refractivity contribution in [2.24, 2.45) is 0 Å². The summed E-state index contributed by atoms with van der Waals surface area (Å²) in [6.07, 6.45) is 9.77. The summed E-state index contributed by atoms with van der Waals surface area (Å²) in [5, 5.41) is 4.50. The Hall–Kier alpha value is -1.34. The Morgan fingerprint density at radius 3 is 2.81 bits per heavy atom. The topological polar surface area (TPSA) is 64.0 Å². The number of thioether (sulfide) groups is 1. The van der Waals surface area contributed by atoms with E-state index in [2.05, 4.69) is 5.32 Å². The highest BCUT2D eigenvalue weighted by molar-refractivity contribution is 7.99. The van der Waals surface area contributed by atoms with Gasteiger partial charge >= 0.3 is 0 Å². The van der Waals surface area contributed by atoms with Crippen molar-refractivity contribution in [3.63, 3.8) is 0 Å². The molecule has 0 atom stereocenters. The van der Waals surface area contributed by atoms with Crippen LogP contribution in [0.2, 0.25) is 0 Å². The van der Waals surface area contributed by atoms with Crippen LogP contribution >= 0.6 is 23.1 Å². The fraction of sp³-hybridized carbons (Fsp3) is 0.650. The molecule has 1 amide bonds. The number of aromatic nitrogens is 2. The molecule has 0 spiro atoms. The second-order valence-electron chi connectivity index (χ2n) is 7.54. The number of thiophene rings is 1. The second kappa shape index (κ2) is 8.35. The van der Waals surface area contributed by atoms with Crippen molar-refractivity contribution < 1.29 is 4.79 Å². The second-order valence-corrected chi connectivity index (χ2v) is 9.56. The van der Waals surface area contributed by atoms with Gasteiger partial charge < -0.3 is 5.32 Å². The number of carbonyl (C=O) groups is 1. The van der Waals surface area contributed by atoms with Crippen LogP contribution in [0.25, 0.3) is 10.2 Å². The molecule has 0 radical (unpaired) electrons. The van der Waals surface area contributed by atoms with E-state index in [1.54, 1.807) is 11.3 Å². The fourth-order valence-electron chi connectivity index (χ4n) is 4.23. The van der Waals surface area contributed by atoms with E-state index >= 15 is 0 Å². The maximum absolute atomic E-state index is 13.5. The van der Waals surface area contributed by atoms with E-state index in [0.717, 1.165) is 66.7 Å². The Labute approximate surface area is 167 Å². The van der Waals surface area contributed by atoms with Crippen molar-refractivity contribution in [1.29, 1.82) is 0 Å². The third-order valence-corrected chi connectivity index (χ3v) is 7.72. The van der Waals surface area contributed by atoms with Crippen LogP contribution in [-0.2, 0) is 17.6 Å². The van der Waals surface area contributed by atoms with Crippen molar-refractivity contribution in [1.82, 2.24) is 14.9 Å². The zero-order valence-corrected chi connectivity index (χ0v) is 17.5. The molecule has 2 aliphatic carbocycles. The molecule has 0 unspecified atom stereocenters. The number of amides is 1. The standard InChI is InChI=1S/C20H27N3O2S2/c1-2-11-21-16(24)12-26-20-22-18-17(14-9-5-6-10-15(14)27-18)19(25)23(20)13-7-3-4-8-13/h13H,2-12H2,1H3,(H,21,24). The van der Waals surface area contributed by atoms with E-state index in [9.17, 15) is 9.59 Å². The molecule has 27 heavy (non-hydrogen) atoms. The average molecular weight is 406 g/mol. The molecule has 0 aliphatic heterocycles. The summed E-state index contributed by atoms with van der Waals surface area (Å²) in [7, 11) is 0. The largest absolute Gasteiger partial charge is 0.355 e. The molecular formula is C20H27N3O2S2. The van der Waals surface area contributed by atoms with Gasteiger partial charge in [-0.05, 0) is 50.5 Å². The molecule has 2 aromatic rings. The van der Waals surface area contributed by atoms with Gasteiger partial charge in [0.15, 0.2) is 5.16 Å². The molecule has 5 nitrogen and oxygen atoms in total. The SMILES string of the molecule is CCCNC(=O)CSc1nc2sc3c(c2c(=O)n1C1CCCC1)CCCC3. The summed E-state index contributed by atoms with van der Waals surface area (Å²) in [6.45, 7) is 2.73. The Kier molecular flexibility index (Phi) is 5.88. The predicted molar refractivity (Wildman–Crippen MR) is 112 cm³/mol. The third kappa shape index (κ3) is 3.81. The van der Waals surface area contributed by atoms with E-state index < -0.39 is 0 Å². The molecule has 1 N–H and O–H groups in total. The Morgan fingerprint density at radius 1 is 1.26 bits per heavy atom. The summed E-state index contributed by atoms with van der Waals surface area (Å²) < 4.78 is 1.93. The predicted octanol–water partition coefficient (Wildman–Crippen LogP) is 4.07. The highest BCUT2D eigenvalue weighted by Gasteiger charge is 2.27. The van der Waals surface area contributed by atoms with Crippen LogP contribution in [0, 0.1) is 0 Å². The molecule has 1 saturated carbocycles. The van der Waals surface area contributed by atoms with Gasteiger partial charge in [-0.1, -0.05) is 31.5 Å². The lowest BCUT2D eigenvalue weighted by molar-refractivity contribution is -0.118. The van der Waals surface area contributed by atoms with Gasteiger partial charge in [0.2, 0.25) is 5.91 Å². The zero-order chi connectivity index (χ0) is 18.8. The first kappa shape index (κ1) is 19.0. The van der Waals surface area contributed by atoms with Crippen LogP contribution < -0.4 is 10.9 Å². The number of hydrogen-bond donors (Lipinski definition) is 1. The zero-order valence-electron chi connectivity index (χ0n) is 15.9. The molecule has 4 rings (SSSR count). The molecule has 2 heterocycles. The molecule has 2 aromatic heterocycles. The number of fused-ring (bicyclic) bond motifs is 3. The van der Waals surface area contributed by atoms with Gasteiger partial charge in [0.05, 0.1) is 11.1 Å². The van der Waals surface area contributed by atoms with Crippen molar-refractivity contribution in [2.75, 3.05) is 12.3 Å². The maximum Gasteiger partial charge on any atom is 0.263 e. The Morgan fingerprint density at radius 2 is 2.04 bits per heavy atom. The number of rotatable bonds is 6. The van der Waals surface area contributed by atoms with Gasteiger partial charge in [0.1, 0.15) is 4.83 Å². The van der Waals surface area contributed by atoms with Gasteiger partial charge in [-0.2, -0.15) is 0 Å². The normalized spacial score (nSPS) is 17.4. The summed E-state index contributed by atoms with van der Waals surface area (Å²) in [4.78, 5) is 32.7. The molecule has 2 aliphatic rings. The quantitative estimate of drug-likeness (QED) is 0.581. The first-order chi connectivity index (χ1) is 13.2. The van der Waals surface area contributed by atoms with E-state index in [4.69, 9.17) is 4.98 Å². The van der Waals surface area contributed by atoms with Crippen LogP contribution in [0.3, 0.4) is 0 Å². The van der Waals surface area contributed by atoms with Crippen molar-refractivity contribution in [3.05, 3.63) is 20.8 Å². The van der Waals surface area contributed by atoms with E-state index in [-0.39, 0.29) is 17.5 Å². The first-order valence-corrected chi connectivity index (χ1v) is 12.0. The van der Waals surface area contributed by atoms with Gasteiger partial charge in [-0.15, -0.1) is 11.3 Å². The van der Waals surface area contributed by atoms with Gasteiger partial charge in [-0.3, -0.25) is 14.2 Å². The summed E-state index contributed by atoms with van der Waals surface area (Å²) in [6, 6.07) is 0.231. The van der Waals surface area contributed by atoms with Gasteiger partial charge in [-0.25, -0.2) is 4.98 Å². The van der Waals surface area contributed by atoms with Crippen molar-refractivity contribution >= 4 is 39.2 Å². The minimum atomic E-state index is 0.0136. The Bertz CT molecular complexity index is 897. The smallest absolute Gasteiger partial charge is 0.263 e. The number of hydrogen-bond acceptors (Lipinski definition) is 5. The number of nitrogens with one attached hydrogen (secondary N) is 1. The number of aryl methyl sites for hydroxylation is 2. The van der Waals surface area contributed by atoms with Crippen LogP contribution in [0.4, 0.5) is 0 Å². The van der Waals surface area contributed by atoms with Gasteiger partial charge in [0, 0.05) is 17.5 Å². The summed E-state index contributed by atoms with van der Waals surface area (Å²) >= 11 is 3.10. The minimum absolute atomic E-state index is 0.0136. The van der Waals surface area contributed by atoms with E-state index in [1.807, 2.05) is 11.5 Å². The van der Waals surface area contributed by atoms with Crippen molar-refractivity contribution in [3.8, 4) is 0 Å². The summed E-state index contributed by atoms with van der Waals surface area (Å²) in [5.74, 6) is 0.329. The highest BCUT2D eigenvalue weighted by Crippen LogP contribution is 2.37. The average Bonchev–Trinajstić information content (AvgIpc) is 3.32. The van der Waals surface area contributed by atoms with Crippen LogP contribution in [0.1, 0.15) is 68.4 Å². The highest BCUT2D eigenvalue weighted by atomic mass is 32.2.